The molecule has 0 saturated heterocycles. The summed E-state index contributed by atoms with van der Waals surface area (Å²) in [6, 6.07) is -0.541. The number of allylic oxidation sites excluding steroid dienone is 2. The van der Waals surface area contributed by atoms with Gasteiger partial charge in [-0.2, -0.15) is 0 Å². The highest BCUT2D eigenvalue weighted by molar-refractivity contribution is 5.76. The molecule has 0 rings (SSSR count). The summed E-state index contributed by atoms with van der Waals surface area (Å²) >= 11 is 0. The lowest BCUT2D eigenvalue weighted by molar-refractivity contribution is -0.143. The summed E-state index contributed by atoms with van der Waals surface area (Å²) in [7, 11) is 0. The van der Waals surface area contributed by atoms with Gasteiger partial charge in [0.1, 0.15) is 0 Å². The van der Waals surface area contributed by atoms with Crippen molar-refractivity contribution < 1.29 is 24.5 Å². The Kier molecular flexibility index (Phi) is 71.8. The van der Waals surface area contributed by atoms with Gasteiger partial charge in [0.2, 0.25) is 5.91 Å². The topological polar surface area (TPSA) is 95.9 Å². The van der Waals surface area contributed by atoms with Crippen molar-refractivity contribution >= 4 is 11.9 Å². The van der Waals surface area contributed by atoms with Gasteiger partial charge in [0.15, 0.2) is 0 Å². The average Bonchev–Trinajstić information content (AvgIpc) is 3.49. The van der Waals surface area contributed by atoms with Gasteiger partial charge < -0.3 is 20.3 Å². The first kappa shape index (κ1) is 81.6. The van der Waals surface area contributed by atoms with E-state index in [-0.39, 0.29) is 18.5 Å². The highest BCUT2D eigenvalue weighted by Crippen LogP contribution is 2.20. The summed E-state index contributed by atoms with van der Waals surface area (Å²) in [5.74, 6) is -0.0115. The highest BCUT2D eigenvalue weighted by Gasteiger charge is 2.20. The second kappa shape index (κ2) is 73.1. The van der Waals surface area contributed by atoms with Gasteiger partial charge in [-0.15, -0.1) is 0 Å². The van der Waals surface area contributed by atoms with E-state index in [0.29, 0.717) is 25.9 Å². The summed E-state index contributed by atoms with van der Waals surface area (Å²) in [6.07, 6.45) is 91.4. The molecule has 2 unspecified atom stereocenters. The Morgan fingerprint density at radius 1 is 0.325 bits per heavy atom. The Morgan fingerprint density at radius 3 is 0.855 bits per heavy atom. The number of carbonyl (C=O) groups excluding carboxylic acids is 2. The molecule has 6 nitrogen and oxygen atoms in total. The zero-order valence-corrected chi connectivity index (χ0v) is 56.7. The van der Waals surface area contributed by atoms with E-state index in [1.807, 2.05) is 0 Å². The van der Waals surface area contributed by atoms with E-state index in [0.717, 1.165) is 44.9 Å². The monoisotopic (exact) mass is 1170 g/mol. The molecule has 0 saturated carbocycles. The van der Waals surface area contributed by atoms with Crippen LogP contribution in [-0.4, -0.2) is 47.4 Å². The number of hydrogen-bond donors (Lipinski definition) is 3. The molecule has 0 aliphatic carbocycles. The van der Waals surface area contributed by atoms with E-state index in [4.69, 9.17) is 4.74 Å². The van der Waals surface area contributed by atoms with Crippen molar-refractivity contribution in [3.8, 4) is 0 Å². The zero-order chi connectivity index (χ0) is 59.9. The van der Waals surface area contributed by atoms with Gasteiger partial charge in [0.05, 0.1) is 25.4 Å². The van der Waals surface area contributed by atoms with Crippen molar-refractivity contribution in [2.24, 2.45) is 0 Å². The lowest BCUT2D eigenvalue weighted by Crippen LogP contribution is -2.45. The molecule has 0 spiro atoms. The normalized spacial score (nSPS) is 12.5. The Balaban J connectivity index is 3.35. The van der Waals surface area contributed by atoms with Crippen LogP contribution in [0.5, 0.6) is 0 Å². The van der Waals surface area contributed by atoms with E-state index in [1.54, 1.807) is 0 Å². The van der Waals surface area contributed by atoms with Crippen LogP contribution in [0, 0.1) is 0 Å². The lowest BCUT2D eigenvalue weighted by atomic mass is 10.0. The SMILES string of the molecule is CCCCCCCC/C=C\CCCCCCCCCC(=O)OCCCCCCCCCCCCCCCCCCCCCCCCCCCCC(=O)NC(CO)C(O)CCCCCCCCCCCCCCCCCCCCCCCCC. The van der Waals surface area contributed by atoms with Crippen LogP contribution in [0.3, 0.4) is 0 Å². The average molecular weight is 1170 g/mol. The maximum atomic E-state index is 12.6. The quantitative estimate of drug-likeness (QED) is 0.0320. The molecule has 0 heterocycles. The van der Waals surface area contributed by atoms with Gasteiger partial charge in [0, 0.05) is 12.8 Å². The highest BCUT2D eigenvalue weighted by atomic mass is 16.5. The summed E-state index contributed by atoms with van der Waals surface area (Å²) in [5, 5.41) is 23.5. The Labute approximate surface area is 520 Å². The number of esters is 1. The van der Waals surface area contributed by atoms with Crippen LogP contribution in [0.2, 0.25) is 0 Å². The second-order valence-corrected chi connectivity index (χ2v) is 26.7. The van der Waals surface area contributed by atoms with E-state index < -0.39 is 12.1 Å². The van der Waals surface area contributed by atoms with Gasteiger partial charge in [-0.1, -0.05) is 392 Å². The third kappa shape index (κ3) is 69.6. The molecule has 2 atom stereocenters. The van der Waals surface area contributed by atoms with Gasteiger partial charge in [-0.05, 0) is 51.4 Å². The summed E-state index contributed by atoms with van der Waals surface area (Å²) in [4.78, 5) is 24.7. The molecule has 0 bridgehead atoms. The molecule has 83 heavy (non-hydrogen) atoms. The molecule has 0 aromatic rings. The molecule has 0 aliphatic rings. The van der Waals surface area contributed by atoms with E-state index in [2.05, 4.69) is 31.3 Å². The molecule has 6 heteroatoms. The molecule has 0 aliphatic heterocycles. The summed E-state index contributed by atoms with van der Waals surface area (Å²) < 4.78 is 5.51. The van der Waals surface area contributed by atoms with Crippen LogP contribution in [0.1, 0.15) is 444 Å². The van der Waals surface area contributed by atoms with Crippen molar-refractivity contribution in [2.75, 3.05) is 13.2 Å². The van der Waals surface area contributed by atoms with Crippen molar-refractivity contribution in [1.29, 1.82) is 0 Å². The number of carbonyl (C=O) groups is 2. The van der Waals surface area contributed by atoms with Gasteiger partial charge in [-0.3, -0.25) is 9.59 Å². The lowest BCUT2D eigenvalue weighted by Gasteiger charge is -2.22. The van der Waals surface area contributed by atoms with Crippen LogP contribution >= 0.6 is 0 Å². The first-order valence-electron chi connectivity index (χ1n) is 38.4. The summed E-state index contributed by atoms with van der Waals surface area (Å²) in [5.41, 5.74) is 0. The van der Waals surface area contributed by atoms with E-state index in [9.17, 15) is 19.8 Å². The Morgan fingerprint density at radius 2 is 0.566 bits per heavy atom. The minimum atomic E-state index is -0.664. The molecule has 494 valence electrons. The molecule has 0 radical (unpaired) electrons. The van der Waals surface area contributed by atoms with Crippen molar-refractivity contribution in [3.63, 3.8) is 0 Å². The largest absolute Gasteiger partial charge is 0.466 e. The van der Waals surface area contributed by atoms with Crippen molar-refractivity contribution in [1.82, 2.24) is 5.32 Å². The minimum absolute atomic E-state index is 0.0154. The van der Waals surface area contributed by atoms with Crippen LogP contribution in [-0.2, 0) is 14.3 Å². The maximum Gasteiger partial charge on any atom is 0.305 e. The molecule has 3 N–H and O–H groups in total. The van der Waals surface area contributed by atoms with Crippen molar-refractivity contribution in [2.45, 2.75) is 456 Å². The van der Waals surface area contributed by atoms with Crippen molar-refractivity contribution in [3.05, 3.63) is 12.2 Å². The molecule has 0 fully saturated rings. The maximum absolute atomic E-state index is 12.6. The molecule has 1 amide bonds. The van der Waals surface area contributed by atoms with E-state index in [1.165, 1.54) is 366 Å². The third-order valence-electron chi connectivity index (χ3n) is 18.3. The predicted molar refractivity (Wildman–Crippen MR) is 366 cm³/mol. The molecular formula is C77H151NO5. The number of hydrogen-bond acceptors (Lipinski definition) is 5. The van der Waals surface area contributed by atoms with Crippen LogP contribution < -0.4 is 5.32 Å². The zero-order valence-electron chi connectivity index (χ0n) is 56.7. The second-order valence-electron chi connectivity index (χ2n) is 26.7. The van der Waals surface area contributed by atoms with Gasteiger partial charge >= 0.3 is 5.97 Å². The van der Waals surface area contributed by atoms with Crippen LogP contribution in [0.25, 0.3) is 0 Å². The number of amides is 1. The van der Waals surface area contributed by atoms with Gasteiger partial charge in [0.25, 0.3) is 0 Å². The van der Waals surface area contributed by atoms with Crippen LogP contribution in [0.4, 0.5) is 0 Å². The van der Waals surface area contributed by atoms with E-state index >= 15 is 0 Å². The standard InChI is InChI=1S/C77H151NO5/c1-3-5-7-9-11-13-15-17-19-21-22-23-28-31-34-38-41-45-49-53-57-61-65-69-75(80)74(73-79)78-76(81)70-66-62-58-54-50-46-42-39-35-32-29-26-24-25-27-30-33-36-40-44-48-52-56-60-64-68-72-83-77(82)71-67-63-59-55-51-47-43-37-20-18-16-14-12-10-8-6-4-2/h18,20,74-75,79-80H,3-17,19,21-73H2,1-2H3,(H,78,81)/b20-18-. The Bertz CT molecular complexity index is 1260. The summed E-state index contributed by atoms with van der Waals surface area (Å²) in [6.45, 7) is 5.00. The third-order valence-corrected chi connectivity index (χ3v) is 18.3. The number of ether oxygens (including phenoxy) is 1. The minimum Gasteiger partial charge on any atom is -0.466 e. The molecule has 0 aromatic heterocycles. The number of nitrogens with one attached hydrogen (secondary N) is 1. The number of unbranched alkanes of at least 4 members (excludes halogenated alkanes) is 60. The van der Waals surface area contributed by atoms with Crippen LogP contribution in [0.15, 0.2) is 12.2 Å². The first-order valence-corrected chi connectivity index (χ1v) is 38.4. The number of aliphatic hydroxyl groups excluding tert-OH is 2. The predicted octanol–water partition coefficient (Wildman–Crippen LogP) is 25.1. The molecular weight excluding hydrogens is 1020 g/mol. The number of aliphatic hydroxyl groups is 2. The fraction of sp³-hybridized carbons (Fsp3) is 0.948. The number of rotatable bonds is 73. The smallest absolute Gasteiger partial charge is 0.305 e. The fourth-order valence-corrected chi connectivity index (χ4v) is 12.5. The molecule has 0 aromatic carbocycles. The fourth-order valence-electron chi connectivity index (χ4n) is 12.5. The van der Waals surface area contributed by atoms with Gasteiger partial charge in [-0.25, -0.2) is 0 Å². The Hall–Kier alpha value is -1.40. The first-order chi connectivity index (χ1) is 41.0.